The van der Waals surface area contributed by atoms with Gasteiger partial charge in [-0.15, -0.1) is 0 Å². The van der Waals surface area contributed by atoms with Crippen LogP contribution in [0.25, 0.3) is 27.6 Å². The lowest BCUT2D eigenvalue weighted by Gasteiger charge is -2.32. The lowest BCUT2D eigenvalue weighted by atomic mass is 9.95. The molecule has 2 aliphatic rings. The third kappa shape index (κ3) is 3.36. The smallest absolute Gasteiger partial charge is 0.329 e. The molecule has 8 heteroatoms. The molecule has 7 nitrogen and oxygen atoms in total. The van der Waals surface area contributed by atoms with Gasteiger partial charge in [0.25, 0.3) is 0 Å². The van der Waals surface area contributed by atoms with Crippen LogP contribution in [0.15, 0.2) is 35.1 Å². The van der Waals surface area contributed by atoms with E-state index in [9.17, 15) is 4.79 Å². The zero-order chi connectivity index (χ0) is 22.7. The van der Waals surface area contributed by atoms with Crippen molar-refractivity contribution in [2.75, 3.05) is 31.2 Å². The first-order chi connectivity index (χ1) is 15.9. The van der Waals surface area contributed by atoms with Gasteiger partial charge in [0.1, 0.15) is 5.52 Å². The van der Waals surface area contributed by atoms with Crippen LogP contribution in [0.3, 0.4) is 0 Å². The van der Waals surface area contributed by atoms with Gasteiger partial charge in [0.05, 0.1) is 53.5 Å². The van der Waals surface area contributed by atoms with Crippen molar-refractivity contribution < 1.29 is 9.47 Å². The molecule has 0 unspecified atom stereocenters. The van der Waals surface area contributed by atoms with E-state index in [2.05, 4.69) is 18.7 Å². The highest BCUT2D eigenvalue weighted by Crippen LogP contribution is 2.42. The van der Waals surface area contributed by atoms with E-state index in [1.807, 2.05) is 37.3 Å². The molecule has 0 spiro atoms. The maximum atomic E-state index is 13.1. The third-order valence-corrected chi connectivity index (χ3v) is 7.27. The molecule has 0 bridgehead atoms. The van der Waals surface area contributed by atoms with Crippen molar-refractivity contribution in [2.24, 2.45) is 0 Å². The summed E-state index contributed by atoms with van der Waals surface area (Å²) in [5.74, 6) is 0. The van der Waals surface area contributed by atoms with Gasteiger partial charge < -0.3 is 14.4 Å². The lowest BCUT2D eigenvalue weighted by molar-refractivity contribution is -0.0401. The zero-order valence-corrected chi connectivity index (χ0v) is 19.9. The molecule has 2 aromatic heterocycles. The van der Waals surface area contributed by atoms with Crippen molar-refractivity contribution in [1.29, 1.82) is 0 Å². The normalized spacial score (nSPS) is 18.1. The van der Waals surface area contributed by atoms with Crippen molar-refractivity contribution >= 4 is 39.2 Å². The van der Waals surface area contributed by atoms with Gasteiger partial charge in [0.2, 0.25) is 0 Å². The van der Waals surface area contributed by atoms with Gasteiger partial charge in [-0.25, -0.2) is 0 Å². The largest absolute Gasteiger partial charge is 0.378 e. The highest BCUT2D eigenvalue weighted by molar-refractivity contribution is 7.03. The van der Waals surface area contributed by atoms with Crippen LogP contribution >= 0.6 is 11.5 Å². The Morgan fingerprint density at radius 1 is 1.15 bits per heavy atom. The van der Waals surface area contributed by atoms with Gasteiger partial charge >= 0.3 is 4.87 Å². The number of morpholine rings is 1. The van der Waals surface area contributed by atoms with Crippen LogP contribution in [0.5, 0.6) is 0 Å². The van der Waals surface area contributed by atoms with Crippen molar-refractivity contribution in [3.63, 3.8) is 0 Å². The number of hydrogen-bond acceptors (Lipinski definition) is 7. The minimum Gasteiger partial charge on any atom is -0.378 e. The van der Waals surface area contributed by atoms with Crippen molar-refractivity contribution in [3.8, 4) is 5.69 Å². The van der Waals surface area contributed by atoms with Crippen molar-refractivity contribution in [3.05, 3.63) is 56.8 Å². The first-order valence-electron chi connectivity index (χ1n) is 11.3. The molecule has 0 amide bonds. The Bertz CT molecular complexity index is 1450. The number of nitrogens with zero attached hydrogens (tertiary/aromatic N) is 4. The molecule has 0 N–H and O–H groups in total. The summed E-state index contributed by atoms with van der Waals surface area (Å²) in [4.78, 5) is 20.4. The Hall–Kier alpha value is -2.81. The number of hydrogen-bond donors (Lipinski definition) is 0. The average Bonchev–Trinajstić information content (AvgIpc) is 3.14. The van der Waals surface area contributed by atoms with Crippen LogP contribution < -0.4 is 9.77 Å². The topological polar surface area (TPSA) is 69.5 Å². The van der Waals surface area contributed by atoms with Gasteiger partial charge in [-0.05, 0) is 38.5 Å². The number of aromatic nitrogens is 3. The number of benzene rings is 2. The van der Waals surface area contributed by atoms with Crippen LogP contribution in [0.4, 0.5) is 5.69 Å². The molecule has 4 heterocycles. The minimum absolute atomic E-state index is 0.107. The predicted octanol–water partition coefficient (Wildman–Crippen LogP) is 3.99. The summed E-state index contributed by atoms with van der Waals surface area (Å²) < 4.78 is 18.4. The van der Waals surface area contributed by atoms with E-state index in [-0.39, 0.29) is 10.5 Å². The molecule has 2 aliphatic heterocycles. The first-order valence-corrected chi connectivity index (χ1v) is 12.1. The maximum absolute atomic E-state index is 13.1. The fourth-order valence-corrected chi connectivity index (χ4v) is 5.65. The lowest BCUT2D eigenvalue weighted by Crippen LogP contribution is -2.37. The van der Waals surface area contributed by atoms with Gasteiger partial charge in [-0.2, -0.15) is 4.37 Å². The number of fused-ring (bicyclic) bond motifs is 4. The zero-order valence-electron chi connectivity index (χ0n) is 19.1. The summed E-state index contributed by atoms with van der Waals surface area (Å²) >= 11 is 1.00. The monoisotopic (exact) mass is 462 g/mol. The summed E-state index contributed by atoms with van der Waals surface area (Å²) in [6, 6.07) is 10.0. The van der Waals surface area contributed by atoms with Crippen molar-refractivity contribution in [1.82, 2.24) is 13.9 Å². The Morgan fingerprint density at radius 2 is 1.94 bits per heavy atom. The Morgan fingerprint density at radius 3 is 2.73 bits per heavy atom. The van der Waals surface area contributed by atoms with Crippen LogP contribution in [-0.2, 0) is 22.5 Å². The van der Waals surface area contributed by atoms with Crippen LogP contribution in [-0.4, -0.2) is 45.8 Å². The van der Waals surface area contributed by atoms with Gasteiger partial charge in [0, 0.05) is 42.0 Å². The van der Waals surface area contributed by atoms with E-state index in [1.54, 1.807) is 4.57 Å². The number of ether oxygens (including phenoxy) is 2. The predicted molar refractivity (Wildman–Crippen MR) is 131 cm³/mol. The van der Waals surface area contributed by atoms with Crippen molar-refractivity contribution in [2.45, 2.75) is 39.4 Å². The summed E-state index contributed by atoms with van der Waals surface area (Å²) in [5, 5.41) is 1.10. The molecule has 1 saturated heterocycles. The van der Waals surface area contributed by atoms with Gasteiger partial charge in [-0.3, -0.25) is 14.3 Å². The Labute approximate surface area is 195 Å². The standard InChI is InChI=1S/C25H26N4O3S/c1-15-6-4-5-7-19(15)29-20-12-17-21(16-14-32-25(2,3)13-18(16)26-17)23(22(20)27-33-24(29)30)28-8-10-31-11-9-28/h4-7,12H,8-11,13-14H2,1-3H3. The molecule has 0 aliphatic carbocycles. The summed E-state index contributed by atoms with van der Waals surface area (Å²) in [6.45, 7) is 9.65. The number of anilines is 1. The van der Waals surface area contributed by atoms with E-state index in [4.69, 9.17) is 18.8 Å². The van der Waals surface area contributed by atoms with Crippen LogP contribution in [0, 0.1) is 6.92 Å². The van der Waals surface area contributed by atoms with E-state index in [0.29, 0.717) is 19.8 Å². The molecular weight excluding hydrogens is 436 g/mol. The average molecular weight is 463 g/mol. The Balaban J connectivity index is 1.72. The molecule has 33 heavy (non-hydrogen) atoms. The Kier molecular flexibility index (Phi) is 4.79. The molecule has 2 aromatic carbocycles. The number of rotatable bonds is 2. The molecular formula is C25H26N4O3S. The van der Waals surface area contributed by atoms with Crippen LogP contribution in [0.2, 0.25) is 0 Å². The number of para-hydroxylation sites is 1. The second-order valence-corrected chi connectivity index (χ2v) is 10.1. The van der Waals surface area contributed by atoms with E-state index in [1.165, 1.54) is 0 Å². The van der Waals surface area contributed by atoms with E-state index >= 15 is 0 Å². The summed E-state index contributed by atoms with van der Waals surface area (Å²) in [7, 11) is 0. The highest BCUT2D eigenvalue weighted by Gasteiger charge is 2.32. The fraction of sp³-hybridized carbons (Fsp3) is 0.400. The van der Waals surface area contributed by atoms with Gasteiger partial charge in [-0.1, -0.05) is 18.2 Å². The molecule has 0 atom stereocenters. The van der Waals surface area contributed by atoms with Gasteiger partial charge in [0.15, 0.2) is 0 Å². The fourth-order valence-electron chi connectivity index (χ4n) is 5.02. The summed E-state index contributed by atoms with van der Waals surface area (Å²) in [6.07, 6.45) is 0.760. The maximum Gasteiger partial charge on any atom is 0.329 e. The molecule has 4 aromatic rings. The minimum atomic E-state index is -0.244. The van der Waals surface area contributed by atoms with E-state index in [0.717, 1.165) is 81.2 Å². The molecule has 0 radical (unpaired) electrons. The quantitative estimate of drug-likeness (QED) is 0.449. The van der Waals surface area contributed by atoms with E-state index < -0.39 is 0 Å². The molecule has 0 saturated carbocycles. The SMILES string of the molecule is Cc1ccccc1-n1c(=O)snc2c(N3CCOCC3)c3c4c(nc3cc21)CC(C)(C)OC4. The van der Waals surface area contributed by atoms with Crippen LogP contribution in [0.1, 0.15) is 30.7 Å². The third-order valence-electron chi connectivity index (χ3n) is 6.66. The number of aryl methyl sites for hydroxylation is 1. The molecule has 170 valence electrons. The first kappa shape index (κ1) is 20.8. The molecule has 6 rings (SSSR count). The highest BCUT2D eigenvalue weighted by atomic mass is 32.1. The second-order valence-electron chi connectivity index (χ2n) is 9.42. The molecule has 1 fully saturated rings. The summed E-state index contributed by atoms with van der Waals surface area (Å²) in [5.41, 5.74) is 7.46. The second kappa shape index (κ2) is 7.62.